The topological polar surface area (TPSA) is 33.1 Å². The maximum atomic E-state index is 4.30. The molecule has 1 saturated carbocycles. The van der Waals surface area contributed by atoms with Crippen molar-refractivity contribution in [3.05, 3.63) is 12.3 Å². The first-order chi connectivity index (χ1) is 8.32. The van der Waals surface area contributed by atoms with E-state index in [1.807, 2.05) is 17.9 Å². The van der Waals surface area contributed by atoms with Crippen LogP contribution in [0.2, 0.25) is 0 Å². The Kier molecular flexibility index (Phi) is 2.82. The number of hydrogen-bond acceptors (Lipinski definition) is 3. The molecule has 0 bridgehead atoms. The van der Waals surface area contributed by atoms with Gasteiger partial charge in [-0.3, -0.25) is 9.69 Å². The summed E-state index contributed by atoms with van der Waals surface area (Å²) in [6.07, 6.45) is 11.3. The predicted molar refractivity (Wildman–Crippen MR) is 68.7 cm³/mol. The van der Waals surface area contributed by atoms with Crippen molar-refractivity contribution in [3.8, 4) is 0 Å². The molecule has 3 rings (SSSR count). The van der Waals surface area contributed by atoms with Crippen molar-refractivity contribution in [1.82, 2.24) is 15.2 Å². The van der Waals surface area contributed by atoms with Crippen LogP contribution in [0.25, 0.3) is 0 Å². The molecule has 2 heterocycles. The molecule has 1 saturated heterocycles. The minimum absolute atomic E-state index is 0.351. The lowest BCUT2D eigenvalue weighted by atomic mass is 9.77. The van der Waals surface area contributed by atoms with Crippen molar-refractivity contribution in [2.45, 2.75) is 50.5 Å². The van der Waals surface area contributed by atoms with Crippen molar-refractivity contribution in [1.29, 1.82) is 0 Å². The molecule has 4 nitrogen and oxygen atoms in total. The highest BCUT2D eigenvalue weighted by Gasteiger charge is 2.40. The molecule has 0 unspecified atom stereocenters. The molecule has 0 radical (unpaired) electrons. The van der Waals surface area contributed by atoms with E-state index in [4.69, 9.17) is 0 Å². The van der Waals surface area contributed by atoms with Gasteiger partial charge in [-0.2, -0.15) is 5.10 Å². The molecule has 94 valence electrons. The van der Waals surface area contributed by atoms with Gasteiger partial charge in [0.25, 0.3) is 0 Å². The largest absolute Gasteiger partial charge is 0.286 e. The van der Waals surface area contributed by atoms with Crippen LogP contribution in [0, 0.1) is 0 Å². The molecule has 0 amide bonds. The molecule has 1 spiro atoms. The molecule has 17 heavy (non-hydrogen) atoms. The average molecular weight is 234 g/mol. The summed E-state index contributed by atoms with van der Waals surface area (Å²) in [5.74, 6) is 1.21. The summed E-state index contributed by atoms with van der Waals surface area (Å²) in [5.41, 5.74) is 3.95. The van der Waals surface area contributed by atoms with E-state index >= 15 is 0 Å². The Hall–Kier alpha value is -1.03. The quantitative estimate of drug-likeness (QED) is 0.809. The lowest BCUT2D eigenvalue weighted by Gasteiger charge is -2.50. The first kappa shape index (κ1) is 11.1. The summed E-state index contributed by atoms with van der Waals surface area (Å²) in [5, 5.41) is 6.72. The maximum absolute atomic E-state index is 4.30. The molecular formula is C13H22N4. The number of nitrogens with one attached hydrogen (secondary N) is 1. The molecule has 1 aromatic rings. The van der Waals surface area contributed by atoms with Crippen LogP contribution in [0.5, 0.6) is 0 Å². The molecule has 1 N–H and O–H groups in total. The van der Waals surface area contributed by atoms with Gasteiger partial charge >= 0.3 is 0 Å². The van der Waals surface area contributed by atoms with Crippen molar-refractivity contribution in [2.75, 3.05) is 11.6 Å². The number of hydrazine groups is 1. The molecule has 4 heteroatoms. The number of hydrogen-bond donors (Lipinski definition) is 1. The van der Waals surface area contributed by atoms with Crippen LogP contribution < -0.4 is 10.4 Å². The second-order valence-electron chi connectivity index (χ2n) is 5.45. The van der Waals surface area contributed by atoms with Gasteiger partial charge in [0.1, 0.15) is 5.82 Å². The normalized spacial score (nSPS) is 24.2. The Morgan fingerprint density at radius 1 is 1.18 bits per heavy atom. The lowest BCUT2D eigenvalue weighted by Crippen LogP contribution is -2.61. The van der Waals surface area contributed by atoms with Crippen LogP contribution in [0.4, 0.5) is 5.82 Å². The second kappa shape index (κ2) is 4.33. The first-order valence-corrected chi connectivity index (χ1v) is 6.84. The highest BCUT2D eigenvalue weighted by Crippen LogP contribution is 2.40. The zero-order valence-corrected chi connectivity index (χ0v) is 10.7. The van der Waals surface area contributed by atoms with Crippen molar-refractivity contribution < 1.29 is 0 Å². The predicted octanol–water partition coefficient (Wildman–Crippen LogP) is 2.23. The van der Waals surface area contributed by atoms with E-state index in [2.05, 4.69) is 21.6 Å². The smallest absolute Gasteiger partial charge is 0.141 e. The van der Waals surface area contributed by atoms with Crippen molar-refractivity contribution >= 4 is 5.82 Å². The van der Waals surface area contributed by atoms with Gasteiger partial charge in [0.05, 0.1) is 11.7 Å². The molecule has 1 aliphatic heterocycles. The summed E-state index contributed by atoms with van der Waals surface area (Å²) in [6, 6.07) is 2.12. The Balaban J connectivity index is 1.92. The average Bonchev–Trinajstić information content (AvgIpc) is 2.77. The van der Waals surface area contributed by atoms with Crippen molar-refractivity contribution in [3.63, 3.8) is 0 Å². The Labute approximate surface area is 103 Å². The van der Waals surface area contributed by atoms with Gasteiger partial charge in [-0.05, 0) is 25.7 Å². The lowest BCUT2D eigenvalue weighted by molar-refractivity contribution is 0.201. The summed E-state index contributed by atoms with van der Waals surface area (Å²) in [7, 11) is 2.03. The summed E-state index contributed by atoms with van der Waals surface area (Å²) < 4.78 is 1.98. The number of aromatic nitrogens is 2. The summed E-state index contributed by atoms with van der Waals surface area (Å²) >= 11 is 0. The minimum atomic E-state index is 0.351. The number of rotatable bonds is 1. The Morgan fingerprint density at radius 2 is 1.94 bits per heavy atom. The molecule has 2 fully saturated rings. The van der Waals surface area contributed by atoms with E-state index in [1.54, 1.807) is 0 Å². The monoisotopic (exact) mass is 234 g/mol. The molecule has 1 aromatic heterocycles. The van der Waals surface area contributed by atoms with Crippen LogP contribution in [-0.4, -0.2) is 21.9 Å². The van der Waals surface area contributed by atoms with Gasteiger partial charge in [-0.25, -0.2) is 5.43 Å². The molecule has 0 atom stereocenters. The van der Waals surface area contributed by atoms with E-state index in [-0.39, 0.29) is 0 Å². The standard InChI is InChI=1S/C13H22N4/c1-16-12(6-11-14-16)17-13(9-5-10-15-17)7-3-2-4-8-13/h6,11,15H,2-5,7-10H2,1H3. The van der Waals surface area contributed by atoms with E-state index in [1.165, 1.54) is 50.8 Å². The SMILES string of the molecule is Cn1nccc1N1NCCCC12CCCCC2. The first-order valence-electron chi connectivity index (χ1n) is 6.84. The van der Waals surface area contributed by atoms with Gasteiger partial charge in [-0.1, -0.05) is 19.3 Å². The fraction of sp³-hybridized carbons (Fsp3) is 0.769. The third kappa shape index (κ3) is 1.84. The number of aryl methyl sites for hydroxylation is 1. The highest BCUT2D eigenvalue weighted by molar-refractivity contribution is 5.41. The minimum Gasteiger partial charge on any atom is -0.286 e. The fourth-order valence-electron chi connectivity index (χ4n) is 3.48. The van der Waals surface area contributed by atoms with Crippen LogP contribution in [-0.2, 0) is 7.05 Å². The maximum Gasteiger partial charge on any atom is 0.141 e. The van der Waals surface area contributed by atoms with Gasteiger partial charge in [0.15, 0.2) is 0 Å². The van der Waals surface area contributed by atoms with Crippen LogP contribution in [0.3, 0.4) is 0 Å². The van der Waals surface area contributed by atoms with Gasteiger partial charge in [0.2, 0.25) is 0 Å². The zero-order valence-electron chi connectivity index (χ0n) is 10.7. The van der Waals surface area contributed by atoms with Crippen LogP contribution >= 0.6 is 0 Å². The number of nitrogens with zero attached hydrogens (tertiary/aromatic N) is 3. The molecule has 2 aliphatic rings. The highest BCUT2D eigenvalue weighted by atomic mass is 15.6. The van der Waals surface area contributed by atoms with Crippen LogP contribution in [0.1, 0.15) is 44.9 Å². The third-order valence-corrected chi connectivity index (χ3v) is 4.37. The van der Waals surface area contributed by atoms with Gasteiger partial charge < -0.3 is 0 Å². The van der Waals surface area contributed by atoms with Gasteiger partial charge in [0, 0.05) is 19.7 Å². The number of anilines is 1. The Bertz CT molecular complexity index is 370. The van der Waals surface area contributed by atoms with Crippen LogP contribution in [0.15, 0.2) is 12.3 Å². The summed E-state index contributed by atoms with van der Waals surface area (Å²) in [6.45, 7) is 1.09. The molecule has 0 aromatic carbocycles. The fourth-order valence-corrected chi connectivity index (χ4v) is 3.48. The summed E-state index contributed by atoms with van der Waals surface area (Å²) in [4.78, 5) is 0. The second-order valence-corrected chi connectivity index (χ2v) is 5.45. The van der Waals surface area contributed by atoms with Crippen molar-refractivity contribution in [2.24, 2.45) is 7.05 Å². The Morgan fingerprint density at radius 3 is 2.65 bits per heavy atom. The van der Waals surface area contributed by atoms with E-state index in [9.17, 15) is 0 Å². The van der Waals surface area contributed by atoms with Gasteiger partial charge in [-0.15, -0.1) is 0 Å². The molecular weight excluding hydrogens is 212 g/mol. The van der Waals surface area contributed by atoms with E-state index in [0.29, 0.717) is 5.54 Å². The zero-order chi connectivity index (χ0) is 11.7. The van der Waals surface area contributed by atoms with E-state index in [0.717, 1.165) is 6.54 Å². The third-order valence-electron chi connectivity index (χ3n) is 4.37. The van der Waals surface area contributed by atoms with E-state index < -0.39 is 0 Å². The molecule has 1 aliphatic carbocycles.